The highest BCUT2D eigenvalue weighted by atomic mass is 15.1. The molecule has 0 fully saturated rings. The highest BCUT2D eigenvalue weighted by Gasteiger charge is 2.35. The van der Waals surface area contributed by atoms with Crippen molar-refractivity contribution in [2.75, 3.05) is 4.90 Å². The molecule has 260 valence electrons. The van der Waals surface area contributed by atoms with Crippen molar-refractivity contribution >= 4 is 44.4 Å². The van der Waals surface area contributed by atoms with Crippen LogP contribution in [0.2, 0.25) is 0 Å². The monoisotopic (exact) mass is 694 g/mol. The van der Waals surface area contributed by atoms with Crippen LogP contribution in [-0.2, 0) is 5.41 Å². The van der Waals surface area contributed by atoms with Crippen LogP contribution < -0.4 is 4.90 Å². The van der Waals surface area contributed by atoms with Gasteiger partial charge in [-0.25, -0.2) is 0 Å². The van der Waals surface area contributed by atoms with Gasteiger partial charge in [-0.05, 0) is 124 Å². The Morgan fingerprint density at radius 2 is 1.06 bits per heavy atom. The zero-order chi connectivity index (χ0) is 37.0. The summed E-state index contributed by atoms with van der Waals surface area (Å²) in [5, 5.41) is 2.48. The Bertz CT molecular complexity index is 2740. The molecule has 0 atom stereocenters. The fourth-order valence-electron chi connectivity index (χ4n) is 8.49. The molecule has 0 radical (unpaired) electrons. The first-order valence-corrected chi connectivity index (χ1v) is 18.7. The van der Waals surface area contributed by atoms with Crippen LogP contribution in [0.3, 0.4) is 0 Å². The lowest BCUT2D eigenvalue weighted by Gasteiger charge is -2.26. The Labute approximate surface area is 318 Å². The lowest BCUT2D eigenvalue weighted by atomic mass is 9.80. The Morgan fingerprint density at radius 1 is 0.519 bits per heavy atom. The number of benzene rings is 7. The minimum Gasteiger partial charge on any atom is -0.310 e. The summed E-state index contributed by atoms with van der Waals surface area (Å²) in [5.74, 6) is 0. The van der Waals surface area contributed by atoms with E-state index in [-0.39, 0.29) is 5.41 Å². The number of para-hydroxylation sites is 1. The molecule has 0 saturated heterocycles. The molecule has 1 aromatic heterocycles. The van der Waals surface area contributed by atoms with Crippen LogP contribution in [0.1, 0.15) is 30.5 Å². The average molecular weight is 695 g/mol. The van der Waals surface area contributed by atoms with E-state index in [2.05, 4.69) is 207 Å². The molecule has 0 spiro atoms. The summed E-state index contributed by atoms with van der Waals surface area (Å²) in [6.45, 7) is 15.0. The number of hydrogen-bond donors (Lipinski definition) is 0. The van der Waals surface area contributed by atoms with Gasteiger partial charge in [0.25, 0.3) is 0 Å². The Morgan fingerprint density at radius 3 is 1.69 bits per heavy atom. The molecule has 54 heavy (non-hydrogen) atoms. The minimum absolute atomic E-state index is 0.139. The Hall–Kier alpha value is -6.64. The van der Waals surface area contributed by atoms with Crippen molar-refractivity contribution in [2.24, 2.45) is 0 Å². The van der Waals surface area contributed by atoms with Gasteiger partial charge in [-0.3, -0.25) is 0 Å². The van der Waals surface area contributed by atoms with Crippen LogP contribution in [0.5, 0.6) is 0 Å². The van der Waals surface area contributed by atoms with Crippen molar-refractivity contribution in [1.82, 2.24) is 4.57 Å². The van der Waals surface area contributed by atoms with Crippen molar-refractivity contribution in [3.05, 3.63) is 211 Å². The maximum atomic E-state index is 4.14. The highest BCUT2D eigenvalue weighted by molar-refractivity contribution is 6.11. The van der Waals surface area contributed by atoms with Gasteiger partial charge >= 0.3 is 0 Å². The second-order valence-electron chi connectivity index (χ2n) is 14.8. The Balaban J connectivity index is 1.17. The first-order chi connectivity index (χ1) is 26.4. The summed E-state index contributed by atoms with van der Waals surface area (Å²) in [4.78, 5) is 2.38. The quantitative estimate of drug-likeness (QED) is 0.154. The third-order valence-corrected chi connectivity index (χ3v) is 11.2. The van der Waals surface area contributed by atoms with Gasteiger partial charge in [0.05, 0.1) is 11.0 Å². The van der Waals surface area contributed by atoms with Gasteiger partial charge in [-0.15, -0.1) is 0 Å². The van der Waals surface area contributed by atoms with Crippen LogP contribution >= 0.6 is 0 Å². The van der Waals surface area contributed by atoms with Crippen LogP contribution in [0, 0.1) is 6.92 Å². The van der Waals surface area contributed by atoms with Crippen LogP contribution in [0.15, 0.2) is 195 Å². The standard InChI is InChI=1S/C52H42N2/c1-6-44-45-29-23-39(33-49(45)52(4,5)48(44)7-2)38-21-26-42(27-22-38)53(41-24-19-37(20-25-41)36-14-10-8-11-15-36)43-28-31-51-47(34-43)46-32-35(3)18-30-50(46)54(51)40-16-12-9-13-17-40/h6-34H,1-2H2,3-5H3. The van der Waals surface area contributed by atoms with E-state index >= 15 is 0 Å². The van der Waals surface area contributed by atoms with E-state index in [1.807, 2.05) is 12.2 Å². The largest absolute Gasteiger partial charge is 0.310 e. The molecule has 0 saturated carbocycles. The molecule has 9 rings (SSSR count). The van der Waals surface area contributed by atoms with Crippen molar-refractivity contribution in [1.29, 1.82) is 0 Å². The predicted octanol–water partition coefficient (Wildman–Crippen LogP) is 14.3. The molecule has 8 aromatic rings. The summed E-state index contributed by atoms with van der Waals surface area (Å²) >= 11 is 0. The minimum atomic E-state index is -0.139. The number of fused-ring (bicyclic) bond motifs is 4. The van der Waals surface area contributed by atoms with Crippen LogP contribution in [-0.4, -0.2) is 4.57 Å². The summed E-state index contributed by atoms with van der Waals surface area (Å²) in [6, 6.07) is 59.7. The third-order valence-electron chi connectivity index (χ3n) is 11.2. The first kappa shape index (κ1) is 33.2. The van der Waals surface area contributed by atoms with Crippen LogP contribution in [0.25, 0.3) is 55.3 Å². The van der Waals surface area contributed by atoms with E-state index < -0.39 is 0 Å². The summed E-state index contributed by atoms with van der Waals surface area (Å²) in [7, 11) is 0. The summed E-state index contributed by atoms with van der Waals surface area (Å²) in [6.07, 6.45) is 3.96. The molecule has 7 aromatic carbocycles. The fourth-order valence-corrected chi connectivity index (χ4v) is 8.49. The van der Waals surface area contributed by atoms with Gasteiger partial charge in [0.1, 0.15) is 0 Å². The molecule has 1 aliphatic rings. The van der Waals surface area contributed by atoms with E-state index in [1.54, 1.807) is 0 Å². The van der Waals surface area contributed by atoms with Gasteiger partial charge in [0.2, 0.25) is 0 Å². The molecule has 0 bridgehead atoms. The topological polar surface area (TPSA) is 8.17 Å². The molecular weight excluding hydrogens is 653 g/mol. The number of rotatable bonds is 8. The van der Waals surface area contributed by atoms with Gasteiger partial charge in [0, 0.05) is 38.9 Å². The van der Waals surface area contributed by atoms with Gasteiger partial charge in [-0.2, -0.15) is 0 Å². The lowest BCUT2D eigenvalue weighted by Crippen LogP contribution is -2.16. The van der Waals surface area contributed by atoms with Gasteiger partial charge in [0.15, 0.2) is 0 Å². The molecule has 2 nitrogen and oxygen atoms in total. The number of anilines is 3. The zero-order valence-electron chi connectivity index (χ0n) is 31.1. The smallest absolute Gasteiger partial charge is 0.0542 e. The summed E-state index contributed by atoms with van der Waals surface area (Å²) in [5.41, 5.74) is 17.7. The van der Waals surface area contributed by atoms with E-state index in [4.69, 9.17) is 0 Å². The lowest BCUT2D eigenvalue weighted by molar-refractivity contribution is 0.655. The van der Waals surface area contributed by atoms with Crippen molar-refractivity contribution in [2.45, 2.75) is 26.2 Å². The molecule has 0 aliphatic heterocycles. The SMILES string of the molecule is C=CC1=C(C=C)C(C)(C)c2cc(-c3ccc(N(c4ccc(-c5ccccc5)cc4)c4ccc5c(c4)c4cc(C)ccc4n5-c4ccccc4)cc3)ccc21. The van der Waals surface area contributed by atoms with Crippen molar-refractivity contribution in [3.63, 3.8) is 0 Å². The van der Waals surface area contributed by atoms with E-state index in [0.717, 1.165) is 22.7 Å². The van der Waals surface area contributed by atoms with Crippen LogP contribution in [0.4, 0.5) is 17.1 Å². The molecule has 1 heterocycles. The molecular formula is C52H42N2. The number of nitrogens with zero attached hydrogens (tertiary/aromatic N) is 2. The second-order valence-corrected chi connectivity index (χ2v) is 14.8. The first-order valence-electron chi connectivity index (χ1n) is 18.7. The molecule has 1 aliphatic carbocycles. The van der Waals surface area contributed by atoms with Crippen molar-refractivity contribution in [3.8, 4) is 27.9 Å². The molecule has 0 amide bonds. The summed E-state index contributed by atoms with van der Waals surface area (Å²) < 4.78 is 2.38. The maximum absolute atomic E-state index is 4.14. The average Bonchev–Trinajstić information content (AvgIpc) is 3.65. The normalized spacial score (nSPS) is 13.3. The molecule has 2 heteroatoms. The second kappa shape index (κ2) is 13.1. The molecule has 0 unspecified atom stereocenters. The highest BCUT2D eigenvalue weighted by Crippen LogP contribution is 2.48. The maximum Gasteiger partial charge on any atom is 0.0542 e. The third kappa shape index (κ3) is 5.42. The number of hydrogen-bond acceptors (Lipinski definition) is 1. The van der Waals surface area contributed by atoms with Crippen molar-refractivity contribution < 1.29 is 0 Å². The number of allylic oxidation sites excluding steroid dienone is 4. The van der Waals surface area contributed by atoms with Gasteiger partial charge in [-0.1, -0.05) is 136 Å². The predicted molar refractivity (Wildman–Crippen MR) is 231 cm³/mol. The molecule has 0 N–H and O–H groups in total. The van der Waals surface area contributed by atoms with E-state index in [1.165, 1.54) is 71.9 Å². The fraction of sp³-hybridized carbons (Fsp3) is 0.0769. The number of aromatic nitrogens is 1. The van der Waals surface area contributed by atoms with E-state index in [9.17, 15) is 0 Å². The van der Waals surface area contributed by atoms with Gasteiger partial charge < -0.3 is 9.47 Å². The number of aryl methyl sites for hydroxylation is 1. The zero-order valence-corrected chi connectivity index (χ0v) is 31.1. The Kier molecular flexibility index (Phi) is 8.05. The van der Waals surface area contributed by atoms with E-state index in [0.29, 0.717) is 0 Å².